The van der Waals surface area contributed by atoms with E-state index in [1.807, 2.05) is 34.9 Å². The SMILES string of the molecule is COC(=O)CCCCCOc1ccc2nc(-c3cccnc3)n(-c3ccc(F)cc3)c2c1. The van der Waals surface area contributed by atoms with Crippen molar-refractivity contribution < 1.29 is 18.7 Å². The first-order valence-electron chi connectivity index (χ1n) is 10.5. The molecule has 0 atom stereocenters. The highest BCUT2D eigenvalue weighted by molar-refractivity contribution is 5.84. The Kier molecular flexibility index (Phi) is 6.75. The lowest BCUT2D eigenvalue weighted by Gasteiger charge is -2.11. The van der Waals surface area contributed by atoms with Crippen LogP contribution in [0.1, 0.15) is 25.7 Å². The maximum atomic E-state index is 13.5. The summed E-state index contributed by atoms with van der Waals surface area (Å²) >= 11 is 0. The van der Waals surface area contributed by atoms with Gasteiger partial charge in [-0.2, -0.15) is 0 Å². The number of halogens is 1. The summed E-state index contributed by atoms with van der Waals surface area (Å²) in [5, 5.41) is 0. The minimum atomic E-state index is -0.294. The van der Waals surface area contributed by atoms with Gasteiger partial charge in [-0.15, -0.1) is 0 Å². The molecular weight excluding hydrogens is 409 g/mol. The molecule has 0 radical (unpaired) electrons. The fourth-order valence-electron chi connectivity index (χ4n) is 3.53. The van der Waals surface area contributed by atoms with Gasteiger partial charge in [0.05, 0.1) is 24.8 Å². The van der Waals surface area contributed by atoms with E-state index in [1.54, 1.807) is 24.5 Å². The smallest absolute Gasteiger partial charge is 0.305 e. The van der Waals surface area contributed by atoms with E-state index in [9.17, 15) is 9.18 Å². The van der Waals surface area contributed by atoms with E-state index in [1.165, 1.54) is 19.2 Å². The summed E-state index contributed by atoms with van der Waals surface area (Å²) in [6.45, 7) is 0.548. The minimum Gasteiger partial charge on any atom is -0.494 e. The molecule has 0 bridgehead atoms. The highest BCUT2D eigenvalue weighted by Crippen LogP contribution is 2.30. The lowest BCUT2D eigenvalue weighted by molar-refractivity contribution is -0.140. The number of hydrogen-bond donors (Lipinski definition) is 0. The highest BCUT2D eigenvalue weighted by atomic mass is 19.1. The van der Waals surface area contributed by atoms with Crippen molar-refractivity contribution in [3.05, 3.63) is 72.8 Å². The largest absolute Gasteiger partial charge is 0.494 e. The zero-order valence-electron chi connectivity index (χ0n) is 17.8. The van der Waals surface area contributed by atoms with Gasteiger partial charge < -0.3 is 9.47 Å². The maximum Gasteiger partial charge on any atom is 0.305 e. The van der Waals surface area contributed by atoms with Gasteiger partial charge in [-0.3, -0.25) is 14.3 Å². The summed E-state index contributed by atoms with van der Waals surface area (Å²) < 4.78 is 26.1. The van der Waals surface area contributed by atoms with Crippen LogP contribution in [0, 0.1) is 5.82 Å². The third kappa shape index (κ3) is 4.94. The first-order chi connectivity index (χ1) is 15.7. The van der Waals surface area contributed by atoms with Gasteiger partial charge in [-0.25, -0.2) is 9.37 Å². The Hall–Kier alpha value is -3.74. The first-order valence-corrected chi connectivity index (χ1v) is 10.5. The second-order valence-electron chi connectivity index (χ2n) is 7.37. The van der Waals surface area contributed by atoms with Gasteiger partial charge in [0, 0.05) is 36.1 Å². The van der Waals surface area contributed by atoms with Crippen LogP contribution in [0.25, 0.3) is 28.1 Å². The van der Waals surface area contributed by atoms with Crippen LogP contribution in [-0.2, 0) is 9.53 Å². The van der Waals surface area contributed by atoms with Gasteiger partial charge in [0.2, 0.25) is 0 Å². The van der Waals surface area contributed by atoms with Crippen molar-refractivity contribution in [1.82, 2.24) is 14.5 Å². The standard InChI is InChI=1S/C25H24FN3O3/c1-31-24(30)7-3-2-4-15-32-21-12-13-22-23(16-21)29(20-10-8-19(26)9-11-20)25(28-22)18-6-5-14-27-17-18/h5-6,8-14,16-17H,2-4,7,15H2,1H3. The number of pyridine rings is 1. The van der Waals surface area contributed by atoms with Gasteiger partial charge in [0.25, 0.3) is 0 Å². The number of esters is 1. The van der Waals surface area contributed by atoms with E-state index in [0.717, 1.165) is 53.1 Å². The van der Waals surface area contributed by atoms with Crippen molar-refractivity contribution in [2.24, 2.45) is 0 Å². The molecule has 7 heteroatoms. The van der Waals surface area contributed by atoms with Gasteiger partial charge in [-0.1, -0.05) is 0 Å². The van der Waals surface area contributed by atoms with Crippen molar-refractivity contribution in [2.75, 3.05) is 13.7 Å². The number of aromatic nitrogens is 3. The van der Waals surface area contributed by atoms with Crippen molar-refractivity contribution in [2.45, 2.75) is 25.7 Å². The number of unbranched alkanes of at least 4 members (excludes halogenated alkanes) is 2. The van der Waals surface area contributed by atoms with E-state index in [0.29, 0.717) is 13.0 Å². The van der Waals surface area contributed by atoms with E-state index in [4.69, 9.17) is 9.72 Å². The zero-order valence-corrected chi connectivity index (χ0v) is 17.8. The molecule has 0 amide bonds. The quantitative estimate of drug-likeness (QED) is 0.263. The lowest BCUT2D eigenvalue weighted by Crippen LogP contribution is -2.01. The Morgan fingerprint density at radius 3 is 2.66 bits per heavy atom. The molecule has 0 N–H and O–H groups in total. The number of ether oxygens (including phenoxy) is 2. The third-order valence-electron chi connectivity index (χ3n) is 5.15. The van der Waals surface area contributed by atoms with E-state index < -0.39 is 0 Å². The monoisotopic (exact) mass is 433 g/mol. The van der Waals surface area contributed by atoms with E-state index >= 15 is 0 Å². The third-order valence-corrected chi connectivity index (χ3v) is 5.15. The lowest BCUT2D eigenvalue weighted by atomic mass is 10.2. The average Bonchev–Trinajstić information content (AvgIpc) is 3.21. The Bertz CT molecular complexity index is 1190. The van der Waals surface area contributed by atoms with Gasteiger partial charge >= 0.3 is 5.97 Å². The zero-order chi connectivity index (χ0) is 22.3. The van der Waals surface area contributed by atoms with Crippen LogP contribution < -0.4 is 4.74 Å². The molecule has 6 nitrogen and oxygen atoms in total. The molecule has 0 aliphatic carbocycles. The second kappa shape index (κ2) is 10.0. The predicted octanol–water partition coefficient (Wildman–Crippen LogP) is 5.34. The van der Waals surface area contributed by atoms with Gasteiger partial charge in [-0.05, 0) is 67.8 Å². The summed E-state index contributed by atoms with van der Waals surface area (Å²) in [5.41, 5.74) is 3.33. The fraction of sp³-hybridized carbons (Fsp3) is 0.240. The molecule has 4 aromatic rings. The number of nitrogens with zero attached hydrogens (tertiary/aromatic N) is 3. The molecule has 32 heavy (non-hydrogen) atoms. The number of rotatable bonds is 9. The van der Waals surface area contributed by atoms with Crippen molar-refractivity contribution in [3.8, 4) is 22.8 Å². The highest BCUT2D eigenvalue weighted by Gasteiger charge is 2.15. The molecule has 4 rings (SSSR count). The van der Waals surface area contributed by atoms with Crippen LogP contribution in [0.3, 0.4) is 0 Å². The maximum absolute atomic E-state index is 13.5. The molecule has 0 aliphatic rings. The molecule has 0 spiro atoms. The summed E-state index contributed by atoms with van der Waals surface area (Å²) in [5.74, 6) is 0.971. The molecule has 0 saturated carbocycles. The van der Waals surface area contributed by atoms with Gasteiger partial charge in [0.15, 0.2) is 0 Å². The fourth-order valence-corrected chi connectivity index (χ4v) is 3.53. The van der Waals surface area contributed by atoms with Crippen LogP contribution in [-0.4, -0.2) is 34.2 Å². The van der Waals surface area contributed by atoms with E-state index in [-0.39, 0.29) is 11.8 Å². The number of fused-ring (bicyclic) bond motifs is 1. The number of methoxy groups -OCH3 is 1. The molecule has 2 aromatic heterocycles. The molecule has 2 aromatic carbocycles. The Morgan fingerprint density at radius 1 is 1.06 bits per heavy atom. The van der Waals surface area contributed by atoms with Crippen LogP contribution in [0.15, 0.2) is 67.0 Å². The van der Waals surface area contributed by atoms with Crippen LogP contribution in [0.5, 0.6) is 5.75 Å². The second-order valence-corrected chi connectivity index (χ2v) is 7.37. The molecule has 0 saturated heterocycles. The number of benzene rings is 2. The van der Waals surface area contributed by atoms with E-state index in [2.05, 4.69) is 9.72 Å². The van der Waals surface area contributed by atoms with Crippen LogP contribution in [0.2, 0.25) is 0 Å². The van der Waals surface area contributed by atoms with Crippen molar-refractivity contribution >= 4 is 17.0 Å². The topological polar surface area (TPSA) is 66.2 Å². The molecule has 0 fully saturated rings. The normalized spacial score (nSPS) is 10.9. The van der Waals surface area contributed by atoms with Gasteiger partial charge in [0.1, 0.15) is 17.4 Å². The summed E-state index contributed by atoms with van der Waals surface area (Å²) in [4.78, 5) is 20.2. The number of imidazole rings is 1. The van der Waals surface area contributed by atoms with Crippen molar-refractivity contribution in [1.29, 1.82) is 0 Å². The molecule has 2 heterocycles. The number of carbonyl (C=O) groups excluding carboxylic acids is 1. The Balaban J connectivity index is 1.58. The molecule has 164 valence electrons. The summed E-state index contributed by atoms with van der Waals surface area (Å²) in [7, 11) is 1.40. The predicted molar refractivity (Wildman–Crippen MR) is 120 cm³/mol. The first kappa shape index (κ1) is 21.5. The summed E-state index contributed by atoms with van der Waals surface area (Å²) in [6, 6.07) is 15.9. The van der Waals surface area contributed by atoms with Crippen LogP contribution >= 0.6 is 0 Å². The minimum absolute atomic E-state index is 0.185. The number of carbonyl (C=O) groups is 1. The molecule has 0 unspecified atom stereocenters. The molecular formula is C25H24FN3O3. The summed E-state index contributed by atoms with van der Waals surface area (Å²) in [6.07, 6.45) is 6.40. The molecule has 0 aliphatic heterocycles. The Labute approximate surface area is 185 Å². The van der Waals surface area contributed by atoms with Crippen LogP contribution in [0.4, 0.5) is 4.39 Å². The average molecular weight is 433 g/mol. The number of hydrogen-bond acceptors (Lipinski definition) is 5. The van der Waals surface area contributed by atoms with Crippen molar-refractivity contribution in [3.63, 3.8) is 0 Å². The Morgan fingerprint density at radius 2 is 1.91 bits per heavy atom.